The Hall–Kier alpha value is -1.03. The number of hydrogen-bond acceptors (Lipinski definition) is 1. The maximum Gasteiger partial charge on any atom is 0.191 e. The number of halogens is 1. The summed E-state index contributed by atoms with van der Waals surface area (Å²) in [5, 5.41) is 6.62. The molecule has 1 rings (SSSR count). The van der Waals surface area contributed by atoms with Crippen molar-refractivity contribution >= 4 is 21.9 Å². The molecule has 0 saturated heterocycles. The molecule has 0 radical (unpaired) electrons. The first-order chi connectivity index (χ1) is 8.15. The van der Waals surface area contributed by atoms with Crippen LogP contribution in [0.5, 0.6) is 0 Å². The third-order valence-electron chi connectivity index (χ3n) is 2.59. The molecule has 2 N–H and O–H groups in total. The topological polar surface area (TPSA) is 36.4 Å². The Balaban J connectivity index is 2.45. The first-order valence-electron chi connectivity index (χ1n) is 5.87. The lowest BCUT2D eigenvalue weighted by molar-refractivity contribution is 0.624. The van der Waals surface area contributed by atoms with Crippen molar-refractivity contribution in [3.8, 4) is 0 Å². The zero-order valence-corrected chi connectivity index (χ0v) is 12.2. The Kier molecular flexibility index (Phi) is 6.05. The number of nitrogens with zero attached hydrogens (tertiary/aromatic N) is 1. The van der Waals surface area contributed by atoms with Gasteiger partial charge in [-0.2, -0.15) is 0 Å². The van der Waals surface area contributed by atoms with Gasteiger partial charge in [0.25, 0.3) is 0 Å². The molecule has 0 aliphatic rings. The van der Waals surface area contributed by atoms with Crippen LogP contribution in [0.3, 0.4) is 0 Å². The molecule has 0 spiro atoms. The lowest BCUT2D eigenvalue weighted by atomic mass is 10.2. The fourth-order valence-electron chi connectivity index (χ4n) is 1.32. The first-order valence-corrected chi connectivity index (χ1v) is 6.66. The second-order valence-electron chi connectivity index (χ2n) is 4.01. The molecule has 1 atom stereocenters. The van der Waals surface area contributed by atoms with Gasteiger partial charge in [0.2, 0.25) is 0 Å². The molecule has 0 aliphatic heterocycles. The molecule has 0 aliphatic carbocycles. The van der Waals surface area contributed by atoms with Crippen molar-refractivity contribution in [2.45, 2.75) is 32.9 Å². The average Bonchev–Trinajstić information content (AvgIpc) is 2.36. The van der Waals surface area contributed by atoms with Crippen molar-refractivity contribution in [2.24, 2.45) is 4.99 Å². The Morgan fingerprint density at radius 3 is 2.53 bits per heavy atom. The van der Waals surface area contributed by atoms with E-state index in [0.717, 1.165) is 23.4 Å². The maximum absolute atomic E-state index is 4.19. The molecule has 94 valence electrons. The third kappa shape index (κ3) is 5.22. The summed E-state index contributed by atoms with van der Waals surface area (Å²) in [5.74, 6) is 0.849. The Morgan fingerprint density at radius 1 is 1.35 bits per heavy atom. The third-order valence-corrected chi connectivity index (χ3v) is 3.12. The van der Waals surface area contributed by atoms with Crippen LogP contribution in [0.2, 0.25) is 0 Å². The molecule has 1 aromatic carbocycles. The van der Waals surface area contributed by atoms with E-state index in [9.17, 15) is 0 Å². The molecule has 0 aromatic heterocycles. The quantitative estimate of drug-likeness (QED) is 0.662. The summed E-state index contributed by atoms with van der Waals surface area (Å²) in [6, 6.07) is 8.71. The zero-order chi connectivity index (χ0) is 12.7. The number of guanidine groups is 1. The molecular formula is C13H20BrN3. The van der Waals surface area contributed by atoms with Crippen molar-refractivity contribution in [3.63, 3.8) is 0 Å². The van der Waals surface area contributed by atoms with Crippen LogP contribution in [0.1, 0.15) is 25.8 Å². The smallest absolute Gasteiger partial charge is 0.191 e. The van der Waals surface area contributed by atoms with Gasteiger partial charge < -0.3 is 10.6 Å². The van der Waals surface area contributed by atoms with Gasteiger partial charge in [0.15, 0.2) is 5.96 Å². The fraction of sp³-hybridized carbons (Fsp3) is 0.462. The molecule has 1 aromatic rings. The van der Waals surface area contributed by atoms with E-state index >= 15 is 0 Å². The molecule has 1 unspecified atom stereocenters. The normalized spacial score (nSPS) is 13.3. The summed E-state index contributed by atoms with van der Waals surface area (Å²) in [5.41, 5.74) is 1.24. The Morgan fingerprint density at radius 2 is 2.00 bits per heavy atom. The highest BCUT2D eigenvalue weighted by molar-refractivity contribution is 9.10. The number of rotatable bonds is 4. The summed E-state index contributed by atoms with van der Waals surface area (Å²) in [7, 11) is 1.79. The lowest BCUT2D eigenvalue weighted by Crippen LogP contribution is -2.41. The molecule has 0 saturated carbocycles. The number of hydrogen-bond donors (Lipinski definition) is 2. The number of benzene rings is 1. The minimum Gasteiger partial charge on any atom is -0.354 e. The highest BCUT2D eigenvalue weighted by Gasteiger charge is 2.02. The van der Waals surface area contributed by atoms with E-state index in [0.29, 0.717) is 6.04 Å². The van der Waals surface area contributed by atoms with Crippen molar-refractivity contribution in [2.75, 3.05) is 7.05 Å². The maximum atomic E-state index is 4.19. The van der Waals surface area contributed by atoms with E-state index < -0.39 is 0 Å². The van der Waals surface area contributed by atoms with Gasteiger partial charge in [-0.3, -0.25) is 4.99 Å². The predicted molar refractivity (Wildman–Crippen MR) is 77.2 cm³/mol. The van der Waals surface area contributed by atoms with Crippen LogP contribution in [0, 0.1) is 0 Å². The fourth-order valence-corrected chi connectivity index (χ4v) is 1.58. The molecule has 0 amide bonds. The van der Waals surface area contributed by atoms with E-state index in [-0.39, 0.29) is 0 Å². The van der Waals surface area contributed by atoms with E-state index in [4.69, 9.17) is 0 Å². The van der Waals surface area contributed by atoms with E-state index in [1.807, 2.05) is 12.1 Å². The first kappa shape index (κ1) is 14.0. The standard InChI is InChI=1S/C13H20BrN3/c1-4-10(2)17-13(15-3)16-9-11-5-7-12(14)8-6-11/h5-8,10H,4,9H2,1-3H3,(H2,15,16,17). The SMILES string of the molecule is CCC(C)NC(=NC)NCc1ccc(Br)cc1. The van der Waals surface area contributed by atoms with Gasteiger partial charge >= 0.3 is 0 Å². The second kappa shape index (κ2) is 7.33. The Bertz CT molecular complexity index is 359. The van der Waals surface area contributed by atoms with Crippen LogP contribution >= 0.6 is 15.9 Å². The summed E-state index contributed by atoms with van der Waals surface area (Å²) < 4.78 is 1.10. The van der Waals surface area contributed by atoms with Crippen LogP contribution in [-0.4, -0.2) is 19.0 Å². The van der Waals surface area contributed by atoms with Crippen LogP contribution in [0.4, 0.5) is 0 Å². The van der Waals surface area contributed by atoms with Crippen LogP contribution < -0.4 is 10.6 Å². The average molecular weight is 298 g/mol. The van der Waals surface area contributed by atoms with Crippen molar-refractivity contribution < 1.29 is 0 Å². The van der Waals surface area contributed by atoms with Crippen LogP contribution in [-0.2, 0) is 6.54 Å². The van der Waals surface area contributed by atoms with Gasteiger partial charge in [0.1, 0.15) is 0 Å². The van der Waals surface area contributed by atoms with Gasteiger partial charge in [-0.25, -0.2) is 0 Å². The molecule has 0 fully saturated rings. The minimum absolute atomic E-state index is 0.436. The Labute approximate surface area is 112 Å². The molecule has 4 heteroatoms. The van der Waals surface area contributed by atoms with Crippen LogP contribution in [0.15, 0.2) is 33.7 Å². The summed E-state index contributed by atoms with van der Waals surface area (Å²) >= 11 is 3.42. The van der Waals surface area contributed by atoms with Crippen molar-refractivity contribution in [1.82, 2.24) is 10.6 Å². The highest BCUT2D eigenvalue weighted by atomic mass is 79.9. The van der Waals surface area contributed by atoms with E-state index in [1.165, 1.54) is 5.56 Å². The van der Waals surface area contributed by atoms with Gasteiger partial charge in [0.05, 0.1) is 0 Å². The summed E-state index contributed by atoms with van der Waals surface area (Å²) in [6.07, 6.45) is 1.08. The zero-order valence-electron chi connectivity index (χ0n) is 10.6. The van der Waals surface area contributed by atoms with Gasteiger partial charge in [0, 0.05) is 24.1 Å². The summed E-state index contributed by atoms with van der Waals surface area (Å²) in [6.45, 7) is 5.08. The van der Waals surface area contributed by atoms with Gasteiger partial charge in [-0.1, -0.05) is 35.0 Å². The predicted octanol–water partition coefficient (Wildman–Crippen LogP) is 2.91. The lowest BCUT2D eigenvalue weighted by Gasteiger charge is -2.16. The van der Waals surface area contributed by atoms with Crippen molar-refractivity contribution in [1.29, 1.82) is 0 Å². The summed E-state index contributed by atoms with van der Waals surface area (Å²) in [4.78, 5) is 4.19. The monoisotopic (exact) mass is 297 g/mol. The molecule has 0 bridgehead atoms. The largest absolute Gasteiger partial charge is 0.354 e. The van der Waals surface area contributed by atoms with Gasteiger partial charge in [-0.15, -0.1) is 0 Å². The molecule has 3 nitrogen and oxygen atoms in total. The minimum atomic E-state index is 0.436. The highest BCUT2D eigenvalue weighted by Crippen LogP contribution is 2.10. The second-order valence-corrected chi connectivity index (χ2v) is 4.92. The van der Waals surface area contributed by atoms with E-state index in [1.54, 1.807) is 7.05 Å². The van der Waals surface area contributed by atoms with Crippen molar-refractivity contribution in [3.05, 3.63) is 34.3 Å². The number of nitrogens with one attached hydrogen (secondary N) is 2. The van der Waals surface area contributed by atoms with Gasteiger partial charge in [-0.05, 0) is 31.0 Å². The number of aliphatic imine (C=N–C) groups is 1. The molecule has 17 heavy (non-hydrogen) atoms. The van der Waals surface area contributed by atoms with E-state index in [2.05, 4.69) is 57.5 Å². The van der Waals surface area contributed by atoms with Crippen LogP contribution in [0.25, 0.3) is 0 Å². The molecular weight excluding hydrogens is 278 g/mol. The molecule has 0 heterocycles.